The normalized spacial score (nSPS) is 13.9. The molecule has 0 amide bonds. The largest absolute Gasteiger partial charge is 0.0694 e. The van der Waals surface area contributed by atoms with Gasteiger partial charge < -0.3 is 0 Å². The number of hydrogen-bond acceptors (Lipinski definition) is 0. The first kappa shape index (κ1) is 94.9. The molecule has 0 aliphatic carbocycles. The van der Waals surface area contributed by atoms with E-state index < -0.39 is 105 Å². The van der Waals surface area contributed by atoms with Crippen LogP contribution in [0.5, 0.6) is 0 Å². The Morgan fingerprint density at radius 2 is 0.310 bits per heavy atom. The summed E-state index contributed by atoms with van der Waals surface area (Å²) >= 11 is 0. The summed E-state index contributed by atoms with van der Waals surface area (Å²) in [5.74, 6) is 0. The first-order chi connectivity index (χ1) is 46.6. The van der Waals surface area contributed by atoms with E-state index in [1.54, 1.807) is 141 Å². The molecule has 3 aromatic rings. The fourth-order valence-electron chi connectivity index (χ4n) is 16.4. The van der Waals surface area contributed by atoms with E-state index >= 15 is 0 Å². The summed E-state index contributed by atoms with van der Waals surface area (Å²) < 4.78 is 0. The van der Waals surface area contributed by atoms with Gasteiger partial charge in [-0.2, -0.15) is 0 Å². The zero-order valence-corrected chi connectivity index (χ0v) is 86.0. The van der Waals surface area contributed by atoms with Crippen LogP contribution in [0.3, 0.4) is 0 Å². The van der Waals surface area contributed by atoms with Gasteiger partial charge in [-0.05, 0) is 59.8 Å². The molecule has 0 heterocycles. The van der Waals surface area contributed by atoms with E-state index in [4.69, 9.17) is 0 Å². The molecule has 0 bridgehead atoms. The van der Waals surface area contributed by atoms with Crippen molar-refractivity contribution in [2.75, 3.05) is 0 Å². The second-order valence-corrected chi connectivity index (χ2v) is 109. The molecular formula is C87H177PSi12. The fraction of sp³-hybridized carbons (Fsp3) is 0.793. The van der Waals surface area contributed by atoms with Gasteiger partial charge in [-0.15, -0.1) is 0 Å². The summed E-state index contributed by atoms with van der Waals surface area (Å²) in [7, 11) is -15.4. The molecular weight excluding hydrogens is 1410 g/mol. The van der Waals surface area contributed by atoms with Crippen molar-refractivity contribution in [3.8, 4) is 0 Å². The highest BCUT2D eigenvalue weighted by molar-refractivity contribution is 7.79. The SMILES string of the molecule is CC[Si](C)(C)CCC[Si](CCC[Si](C)(C)CC)(CCC[Si](C)(C)CC)CCc1ccc(P(c2ccc(CC[Si](CCC[Si](C)(C)CC)(CCC[Si](C)(C)CC)CCC[Si](C)(C)CC)cc2)c2ccc(CC[Si](CCC[Si](C)(C)CC)(CCC[Si](C)(C)CC)CCC[Si](C)(C)CC)cc2)cc1. The summed E-state index contributed by atoms with van der Waals surface area (Å²) in [5.41, 5.74) is 4.87. The van der Waals surface area contributed by atoms with Gasteiger partial charge in [0.2, 0.25) is 0 Å². The van der Waals surface area contributed by atoms with Crippen LogP contribution in [0.15, 0.2) is 72.8 Å². The van der Waals surface area contributed by atoms with Crippen molar-refractivity contribution in [3.63, 3.8) is 0 Å². The van der Waals surface area contributed by atoms with Gasteiger partial charge in [-0.25, -0.2) is 0 Å². The molecule has 0 nitrogen and oxygen atoms in total. The minimum atomic E-state index is -1.52. The van der Waals surface area contributed by atoms with Crippen molar-refractivity contribution >= 4 is 121 Å². The highest BCUT2D eigenvalue weighted by Crippen LogP contribution is 2.43. The molecule has 578 valence electrons. The number of benzene rings is 3. The molecule has 0 atom stereocenters. The third-order valence-corrected chi connectivity index (χ3v) is 80.8. The van der Waals surface area contributed by atoms with Crippen LogP contribution in [-0.4, -0.2) is 96.9 Å². The van der Waals surface area contributed by atoms with Gasteiger partial charge in [0.25, 0.3) is 0 Å². The van der Waals surface area contributed by atoms with Gasteiger partial charge in [0.05, 0.1) is 24.2 Å². The number of aryl methyl sites for hydroxylation is 3. The molecule has 3 aromatic carbocycles. The first-order valence-electron chi connectivity index (χ1n) is 43.7. The predicted molar refractivity (Wildman–Crippen MR) is 508 cm³/mol. The summed E-state index contributed by atoms with van der Waals surface area (Å²) in [6.45, 7) is 71.0. The summed E-state index contributed by atoms with van der Waals surface area (Å²) in [4.78, 5) is 0. The van der Waals surface area contributed by atoms with E-state index in [9.17, 15) is 0 Å². The summed E-state index contributed by atoms with van der Waals surface area (Å²) in [5, 5.41) is 4.70. The Balaban J connectivity index is 2.24. The lowest BCUT2D eigenvalue weighted by Gasteiger charge is -2.36. The van der Waals surface area contributed by atoms with Gasteiger partial charge in [0.1, 0.15) is 0 Å². The van der Waals surface area contributed by atoms with Gasteiger partial charge in [0, 0.05) is 72.7 Å². The Morgan fingerprint density at radius 1 is 0.180 bits per heavy atom. The van der Waals surface area contributed by atoms with Crippen LogP contribution in [0.2, 0.25) is 299 Å². The molecule has 0 saturated carbocycles. The minimum Gasteiger partial charge on any atom is -0.0694 e. The van der Waals surface area contributed by atoms with Crippen molar-refractivity contribution in [2.24, 2.45) is 0 Å². The van der Waals surface area contributed by atoms with Crippen LogP contribution in [0.4, 0.5) is 0 Å². The van der Waals surface area contributed by atoms with Crippen LogP contribution in [0.1, 0.15) is 137 Å². The molecule has 0 N–H and O–H groups in total. The second-order valence-electron chi connectivity index (χ2n) is 41.7. The average Bonchev–Trinajstić information content (AvgIpc) is 0.805. The topological polar surface area (TPSA) is 0 Å². The van der Waals surface area contributed by atoms with E-state index in [-0.39, 0.29) is 0 Å². The third kappa shape index (κ3) is 36.9. The summed E-state index contributed by atoms with van der Waals surface area (Å²) in [6.07, 6.45) is 17.5. The van der Waals surface area contributed by atoms with E-state index in [0.29, 0.717) is 0 Å². The molecule has 3 rings (SSSR count). The maximum atomic E-state index is 2.69. The molecule has 0 spiro atoms. The van der Waals surface area contributed by atoms with Gasteiger partial charge >= 0.3 is 0 Å². The molecule has 13 heteroatoms. The van der Waals surface area contributed by atoms with Crippen LogP contribution in [0.25, 0.3) is 0 Å². The smallest absolute Gasteiger partial charge is 0.0538 e. The third-order valence-electron chi connectivity index (χ3n) is 29.1. The van der Waals surface area contributed by atoms with Crippen molar-refractivity contribution in [1.29, 1.82) is 0 Å². The zero-order valence-electron chi connectivity index (χ0n) is 73.1. The highest BCUT2D eigenvalue weighted by Gasteiger charge is 2.38. The maximum absolute atomic E-state index is 2.69. The quantitative estimate of drug-likeness (QED) is 0.0390. The molecule has 0 aliphatic heterocycles. The van der Waals surface area contributed by atoms with Crippen LogP contribution < -0.4 is 15.9 Å². The van der Waals surface area contributed by atoms with Crippen LogP contribution in [-0.2, 0) is 19.3 Å². The number of rotatable bonds is 57. The van der Waals surface area contributed by atoms with E-state index in [1.165, 1.54) is 150 Å². The van der Waals surface area contributed by atoms with Crippen molar-refractivity contribution < 1.29 is 0 Å². The Labute approximate surface area is 643 Å². The lowest BCUT2D eigenvalue weighted by atomic mass is 10.2. The predicted octanol–water partition coefficient (Wildman–Crippen LogP) is 31.5. The van der Waals surface area contributed by atoms with Crippen LogP contribution >= 0.6 is 7.92 Å². The Kier molecular flexibility index (Phi) is 42.2. The average molecular weight is 1590 g/mol. The molecule has 100 heavy (non-hydrogen) atoms. The standard InChI is InChI=1S/C87H177PSi12/c1-28-89(10,11)61-37-70-98(71-38-62-90(12,13)29-2,72-39-63-91(14,15)30-3)79-58-82-46-52-85(53-47-82)88(86-54-48-83(49-55-86)59-80-99(73-40-64-92(16,17)31-4,74-41-65-93(18,19)32-5)75-42-66-94(20,21)33-6)87-56-50-84(51-57-87)60-81-100(76-43-67-95(22,23)34-7,77-44-68-96(24,25)35-8)78-45-69-97(26,27)36-9/h46-57H,28-45,58-81H2,1-27H3. The van der Waals surface area contributed by atoms with Crippen molar-refractivity contribution in [2.45, 2.75) is 439 Å². The van der Waals surface area contributed by atoms with Crippen molar-refractivity contribution in [1.82, 2.24) is 0 Å². The molecule has 0 fully saturated rings. The van der Waals surface area contributed by atoms with Gasteiger partial charge in [0.15, 0.2) is 0 Å². The first-order valence-corrected chi connectivity index (χ1v) is 84.2. The minimum absolute atomic E-state index is 0.707. The summed E-state index contributed by atoms with van der Waals surface area (Å²) in [6, 6.07) is 77.7. The van der Waals surface area contributed by atoms with E-state index in [0.717, 1.165) is 0 Å². The Morgan fingerprint density at radius 3 is 0.430 bits per heavy atom. The molecule has 0 radical (unpaired) electrons. The lowest BCUT2D eigenvalue weighted by Crippen LogP contribution is -2.37. The lowest BCUT2D eigenvalue weighted by molar-refractivity contribution is 0.869. The second kappa shape index (κ2) is 44.5. The van der Waals surface area contributed by atoms with Crippen molar-refractivity contribution in [3.05, 3.63) is 89.5 Å². The van der Waals surface area contributed by atoms with Crippen LogP contribution in [0, 0.1) is 0 Å². The van der Waals surface area contributed by atoms with E-state index in [1.807, 2.05) is 0 Å². The molecule has 0 saturated heterocycles. The molecule has 0 aromatic heterocycles. The number of hydrogen-bond donors (Lipinski definition) is 0. The molecule has 0 aliphatic rings. The van der Waals surface area contributed by atoms with E-state index in [2.05, 4.69) is 253 Å². The highest BCUT2D eigenvalue weighted by atomic mass is 31.1. The van der Waals surface area contributed by atoms with Gasteiger partial charge in [-0.3, -0.25) is 0 Å². The zero-order chi connectivity index (χ0) is 75.2. The molecule has 0 unspecified atom stereocenters. The fourth-order valence-corrected chi connectivity index (χ4v) is 50.5. The monoisotopic (exact) mass is 1590 g/mol. The maximum Gasteiger partial charge on any atom is 0.0538 e. The Bertz CT molecular complexity index is 2200. The Hall–Kier alpha value is 0.693. The van der Waals surface area contributed by atoms with Gasteiger partial charge in [-0.1, -0.05) is 492 Å².